The zero-order chi connectivity index (χ0) is 14.6. The third-order valence-electron chi connectivity index (χ3n) is 3.79. The quantitative estimate of drug-likeness (QED) is 0.882. The summed E-state index contributed by atoms with van der Waals surface area (Å²) in [5, 5.41) is 3.47. The molecular weight excluding hydrogens is 234 g/mol. The van der Waals surface area contributed by atoms with E-state index in [-0.39, 0.29) is 5.41 Å². The van der Waals surface area contributed by atoms with Gasteiger partial charge in [0.05, 0.1) is 0 Å². The second kappa shape index (κ2) is 6.38. The normalized spacial score (nSPS) is 13.7. The van der Waals surface area contributed by atoms with Gasteiger partial charge < -0.3 is 10.2 Å². The number of pyridine rings is 1. The highest BCUT2D eigenvalue weighted by molar-refractivity contribution is 5.52. The number of hydrogen-bond donors (Lipinski definition) is 1. The van der Waals surface area contributed by atoms with Crippen LogP contribution >= 0.6 is 0 Å². The van der Waals surface area contributed by atoms with E-state index in [0.29, 0.717) is 12.1 Å². The summed E-state index contributed by atoms with van der Waals surface area (Å²) < 4.78 is 0. The van der Waals surface area contributed by atoms with Gasteiger partial charge in [0, 0.05) is 49.3 Å². The molecule has 0 aliphatic rings. The molecule has 1 atom stereocenters. The Hall–Kier alpha value is -1.09. The highest BCUT2D eigenvalue weighted by atomic mass is 15.1. The number of hydrogen-bond acceptors (Lipinski definition) is 3. The first-order chi connectivity index (χ1) is 8.73. The molecule has 1 aromatic rings. The van der Waals surface area contributed by atoms with Crippen LogP contribution in [0.1, 0.15) is 47.1 Å². The highest BCUT2D eigenvalue weighted by Gasteiger charge is 2.25. The molecule has 0 saturated heterocycles. The first-order valence-electron chi connectivity index (χ1n) is 7.12. The molecule has 0 amide bonds. The zero-order valence-corrected chi connectivity index (χ0v) is 13.5. The second-order valence-electron chi connectivity index (χ2n) is 6.69. The molecule has 1 aromatic heterocycles. The number of anilines is 1. The van der Waals surface area contributed by atoms with Crippen LogP contribution in [0.15, 0.2) is 18.5 Å². The lowest BCUT2D eigenvalue weighted by Crippen LogP contribution is -2.40. The van der Waals surface area contributed by atoms with Crippen molar-refractivity contribution in [2.75, 3.05) is 11.9 Å². The van der Waals surface area contributed by atoms with Crippen LogP contribution < -0.4 is 10.2 Å². The molecule has 3 heteroatoms. The van der Waals surface area contributed by atoms with Gasteiger partial charge in [-0.3, -0.25) is 4.98 Å². The van der Waals surface area contributed by atoms with Crippen LogP contribution in [0.4, 0.5) is 5.69 Å². The predicted molar refractivity (Wildman–Crippen MR) is 83.5 cm³/mol. The van der Waals surface area contributed by atoms with Gasteiger partial charge in [-0.15, -0.1) is 0 Å². The lowest BCUT2D eigenvalue weighted by atomic mass is 9.87. The molecule has 1 rings (SSSR count). The molecule has 1 N–H and O–H groups in total. The summed E-state index contributed by atoms with van der Waals surface area (Å²) in [4.78, 5) is 6.62. The molecule has 1 unspecified atom stereocenters. The minimum atomic E-state index is 0.251. The van der Waals surface area contributed by atoms with E-state index in [1.54, 1.807) is 0 Å². The average molecular weight is 263 g/mol. The second-order valence-corrected chi connectivity index (χ2v) is 6.69. The minimum absolute atomic E-state index is 0.251. The number of rotatable bonds is 5. The molecule has 19 heavy (non-hydrogen) atoms. The summed E-state index contributed by atoms with van der Waals surface area (Å²) in [5.41, 5.74) is 2.78. The van der Waals surface area contributed by atoms with E-state index in [4.69, 9.17) is 0 Å². The fraction of sp³-hybridized carbons (Fsp3) is 0.688. The van der Waals surface area contributed by atoms with E-state index in [2.05, 4.69) is 69.9 Å². The highest BCUT2D eigenvalue weighted by Crippen LogP contribution is 2.29. The van der Waals surface area contributed by atoms with Gasteiger partial charge in [0.15, 0.2) is 0 Å². The minimum Gasteiger partial charge on any atom is -0.371 e. The Morgan fingerprint density at radius 3 is 2.42 bits per heavy atom. The zero-order valence-electron chi connectivity index (χ0n) is 13.5. The van der Waals surface area contributed by atoms with Crippen LogP contribution in [-0.4, -0.2) is 24.1 Å². The molecule has 0 fully saturated rings. The molecule has 1 heterocycles. The standard InChI is InChI=1S/C16H29N3/c1-12(2)18-11-14-10-17-9-8-15(14)19(7)13(3)16(4,5)6/h8-10,12-13,18H,11H2,1-7H3. The fourth-order valence-electron chi connectivity index (χ4n) is 2.00. The summed E-state index contributed by atoms with van der Waals surface area (Å²) in [7, 11) is 2.17. The van der Waals surface area contributed by atoms with Crippen molar-refractivity contribution < 1.29 is 0 Å². The van der Waals surface area contributed by atoms with E-state index in [0.717, 1.165) is 6.54 Å². The van der Waals surface area contributed by atoms with Crippen LogP contribution in [0.2, 0.25) is 0 Å². The Bertz CT molecular complexity index is 393. The molecule has 3 nitrogen and oxygen atoms in total. The number of aromatic nitrogens is 1. The Kier molecular flexibility index (Phi) is 5.36. The summed E-state index contributed by atoms with van der Waals surface area (Å²) >= 11 is 0. The van der Waals surface area contributed by atoms with Crippen LogP contribution in [0.25, 0.3) is 0 Å². The van der Waals surface area contributed by atoms with Gasteiger partial charge in [-0.25, -0.2) is 0 Å². The molecule has 0 bridgehead atoms. The molecule has 0 spiro atoms. The van der Waals surface area contributed by atoms with Crippen molar-refractivity contribution in [3.63, 3.8) is 0 Å². The van der Waals surface area contributed by atoms with Crippen LogP contribution in [0.3, 0.4) is 0 Å². The van der Waals surface area contributed by atoms with E-state index < -0.39 is 0 Å². The topological polar surface area (TPSA) is 28.2 Å². The van der Waals surface area contributed by atoms with Crippen molar-refractivity contribution in [3.05, 3.63) is 24.0 Å². The van der Waals surface area contributed by atoms with Crippen molar-refractivity contribution in [1.29, 1.82) is 0 Å². The molecule has 0 aliphatic heterocycles. The van der Waals surface area contributed by atoms with Gasteiger partial charge in [0.2, 0.25) is 0 Å². The Balaban J connectivity index is 2.93. The summed E-state index contributed by atoms with van der Waals surface area (Å²) in [6, 6.07) is 3.06. The molecule has 0 radical (unpaired) electrons. The lowest BCUT2D eigenvalue weighted by molar-refractivity contribution is 0.329. The Labute approximate surface area is 118 Å². The van der Waals surface area contributed by atoms with Gasteiger partial charge in [0.1, 0.15) is 0 Å². The van der Waals surface area contributed by atoms with Crippen molar-refractivity contribution in [3.8, 4) is 0 Å². The van der Waals surface area contributed by atoms with Gasteiger partial charge in [-0.2, -0.15) is 0 Å². The largest absolute Gasteiger partial charge is 0.371 e. The Morgan fingerprint density at radius 2 is 1.89 bits per heavy atom. The molecule has 0 saturated carbocycles. The van der Waals surface area contributed by atoms with Crippen LogP contribution in [-0.2, 0) is 6.54 Å². The maximum absolute atomic E-state index is 4.26. The number of nitrogens with one attached hydrogen (secondary N) is 1. The first-order valence-corrected chi connectivity index (χ1v) is 7.12. The monoisotopic (exact) mass is 263 g/mol. The smallest absolute Gasteiger partial charge is 0.0442 e. The molecule has 0 aromatic carbocycles. The van der Waals surface area contributed by atoms with Gasteiger partial charge in [0.25, 0.3) is 0 Å². The number of nitrogens with zero attached hydrogens (tertiary/aromatic N) is 2. The van der Waals surface area contributed by atoms with E-state index in [1.165, 1.54) is 11.3 Å². The van der Waals surface area contributed by atoms with Crippen LogP contribution in [0, 0.1) is 5.41 Å². The fourth-order valence-corrected chi connectivity index (χ4v) is 2.00. The summed E-state index contributed by atoms with van der Waals surface area (Å²) in [6.45, 7) is 14.3. The maximum Gasteiger partial charge on any atom is 0.0442 e. The van der Waals surface area contributed by atoms with Gasteiger partial charge in [-0.1, -0.05) is 34.6 Å². The third-order valence-corrected chi connectivity index (χ3v) is 3.79. The molecule has 0 aliphatic carbocycles. The van der Waals surface area contributed by atoms with Gasteiger partial charge >= 0.3 is 0 Å². The SMILES string of the molecule is CC(C)NCc1cnccc1N(C)C(C)C(C)(C)C. The third kappa shape index (κ3) is 4.50. The van der Waals surface area contributed by atoms with Crippen molar-refractivity contribution in [2.24, 2.45) is 5.41 Å². The van der Waals surface area contributed by atoms with E-state index in [1.807, 2.05) is 12.4 Å². The van der Waals surface area contributed by atoms with E-state index >= 15 is 0 Å². The first kappa shape index (κ1) is 16.0. The van der Waals surface area contributed by atoms with Crippen molar-refractivity contribution >= 4 is 5.69 Å². The average Bonchev–Trinajstić information content (AvgIpc) is 2.33. The predicted octanol–water partition coefficient (Wildman–Crippen LogP) is 3.45. The summed E-state index contributed by atoms with van der Waals surface area (Å²) in [5.74, 6) is 0. The molecular formula is C16H29N3. The maximum atomic E-state index is 4.26. The van der Waals surface area contributed by atoms with Crippen molar-refractivity contribution in [2.45, 2.75) is 60.2 Å². The van der Waals surface area contributed by atoms with Crippen LogP contribution in [0.5, 0.6) is 0 Å². The van der Waals surface area contributed by atoms with Gasteiger partial charge in [-0.05, 0) is 18.4 Å². The van der Waals surface area contributed by atoms with E-state index in [9.17, 15) is 0 Å². The summed E-state index contributed by atoms with van der Waals surface area (Å²) in [6.07, 6.45) is 3.84. The lowest BCUT2D eigenvalue weighted by Gasteiger charge is -2.37. The Morgan fingerprint density at radius 1 is 1.26 bits per heavy atom. The van der Waals surface area contributed by atoms with Crippen molar-refractivity contribution in [1.82, 2.24) is 10.3 Å². The molecule has 108 valence electrons.